The van der Waals surface area contributed by atoms with Crippen LogP contribution in [-0.2, 0) is 0 Å². The Labute approximate surface area is 340 Å². The van der Waals surface area contributed by atoms with Crippen LogP contribution in [0.25, 0.3) is 45.8 Å². The van der Waals surface area contributed by atoms with E-state index in [0.29, 0.717) is 0 Å². The van der Waals surface area contributed by atoms with Gasteiger partial charge in [0.1, 0.15) is 11.5 Å². The summed E-state index contributed by atoms with van der Waals surface area (Å²) in [4.78, 5) is 0. The third kappa shape index (κ3) is 14.6. The number of rotatable bonds is 28. The number of benzene rings is 5. The Morgan fingerprint density at radius 3 is 0.911 bits per heavy atom. The number of fused-ring (bicyclic) bond motifs is 2. The maximum absolute atomic E-state index is 6.09. The van der Waals surface area contributed by atoms with Crippen molar-refractivity contribution in [2.45, 2.75) is 142 Å². The van der Waals surface area contributed by atoms with Gasteiger partial charge in [-0.05, 0) is 80.9 Å². The molecular weight excluding hydrogens is 681 g/mol. The van der Waals surface area contributed by atoms with E-state index in [-0.39, 0.29) is 0 Å². The third-order valence-corrected chi connectivity index (χ3v) is 11.2. The summed E-state index contributed by atoms with van der Waals surface area (Å²) in [7, 11) is 0. The van der Waals surface area contributed by atoms with Gasteiger partial charge in [0.15, 0.2) is 0 Å². The minimum atomic E-state index is 0.795. The van der Waals surface area contributed by atoms with Gasteiger partial charge < -0.3 is 9.47 Å². The molecule has 0 saturated heterocycles. The van der Waals surface area contributed by atoms with Crippen LogP contribution in [0, 0.1) is 0 Å². The van der Waals surface area contributed by atoms with Crippen molar-refractivity contribution in [2.75, 3.05) is 13.2 Å². The van der Waals surface area contributed by atoms with E-state index in [9.17, 15) is 0 Å². The molecule has 0 heterocycles. The Bertz CT molecular complexity index is 1670. The highest BCUT2D eigenvalue weighted by Crippen LogP contribution is 2.35. The van der Waals surface area contributed by atoms with Crippen LogP contribution in [-0.4, -0.2) is 13.2 Å². The molecule has 5 aromatic rings. The van der Waals surface area contributed by atoms with Gasteiger partial charge in [-0.1, -0.05) is 227 Å². The summed E-state index contributed by atoms with van der Waals surface area (Å²) in [5.74, 6) is 1.91. The van der Waals surface area contributed by atoms with Crippen LogP contribution in [0.1, 0.15) is 165 Å². The van der Waals surface area contributed by atoms with E-state index in [4.69, 9.17) is 9.47 Å². The minimum absolute atomic E-state index is 0.795. The van der Waals surface area contributed by atoms with E-state index < -0.39 is 0 Å². The summed E-state index contributed by atoms with van der Waals surface area (Å²) in [6.07, 6.45) is 35.8. The van der Waals surface area contributed by atoms with Gasteiger partial charge in [-0.2, -0.15) is 0 Å². The average molecular weight is 751 g/mol. The Kier molecular flexibility index (Phi) is 19.7. The van der Waals surface area contributed by atoms with Crippen LogP contribution in [0.4, 0.5) is 0 Å². The van der Waals surface area contributed by atoms with Gasteiger partial charge in [-0.25, -0.2) is 0 Å². The molecule has 0 saturated carbocycles. The molecule has 0 radical (unpaired) electrons. The molecule has 2 nitrogen and oxygen atoms in total. The van der Waals surface area contributed by atoms with Gasteiger partial charge in [0.05, 0.1) is 13.2 Å². The second-order valence-electron chi connectivity index (χ2n) is 15.8. The Hall–Kier alpha value is -4.30. The second kappa shape index (κ2) is 25.8. The number of hydrogen-bond acceptors (Lipinski definition) is 2. The van der Waals surface area contributed by atoms with Crippen LogP contribution in [0.15, 0.2) is 97.1 Å². The van der Waals surface area contributed by atoms with Gasteiger partial charge in [0.25, 0.3) is 0 Å². The lowest BCUT2D eigenvalue weighted by Gasteiger charge is -2.13. The molecule has 0 amide bonds. The highest BCUT2D eigenvalue weighted by molar-refractivity contribution is 6.14. The molecule has 5 rings (SSSR count). The first-order valence-electron chi connectivity index (χ1n) is 22.5. The quantitative estimate of drug-likeness (QED) is 0.0288. The largest absolute Gasteiger partial charge is 0.494 e. The molecular formula is C54H70O2. The fraction of sp³-hybridized carbons (Fsp3) is 0.444. The van der Waals surface area contributed by atoms with Gasteiger partial charge in [0.2, 0.25) is 0 Å². The molecule has 56 heavy (non-hydrogen) atoms. The number of unbranched alkanes of at least 4 members (excludes halogenated alkanes) is 18. The first-order chi connectivity index (χ1) is 27.8. The first kappa shape index (κ1) is 42.8. The van der Waals surface area contributed by atoms with Crippen LogP contribution in [0.3, 0.4) is 0 Å². The standard InChI is InChI=1S/C54H70O2/c1-3-5-7-9-11-13-15-17-19-25-43-55-47-37-31-45(32-38-47)35-41-53-49-27-21-23-29-51(49)54(52-30-24-22-28-50(52)53)42-36-46-33-39-48(40-34-46)56-44-26-20-18-16-14-12-10-8-6-4-2/h21-24,27-42H,3-20,25-26,43-44H2,1-2H3/b41-35+,42-36+. The predicted octanol–water partition coefficient (Wildman–Crippen LogP) is 16.9. The van der Waals surface area contributed by atoms with Crippen molar-refractivity contribution < 1.29 is 9.47 Å². The molecule has 0 aliphatic rings. The molecule has 0 aliphatic carbocycles. The van der Waals surface area contributed by atoms with Crippen molar-refractivity contribution in [3.8, 4) is 11.5 Å². The zero-order valence-electron chi connectivity index (χ0n) is 34.9. The maximum atomic E-state index is 6.09. The molecule has 0 aliphatic heterocycles. The molecule has 2 heteroatoms. The molecule has 0 atom stereocenters. The lowest BCUT2D eigenvalue weighted by atomic mass is 9.91. The first-order valence-corrected chi connectivity index (χ1v) is 22.5. The summed E-state index contributed by atoms with van der Waals surface area (Å²) < 4.78 is 12.2. The zero-order chi connectivity index (χ0) is 38.9. The Morgan fingerprint density at radius 1 is 0.321 bits per heavy atom. The SMILES string of the molecule is CCCCCCCCCCCCOc1ccc(/C=C/c2c3ccccc3c(/C=C/c3ccc(OCCCCCCCCCCCC)cc3)c3ccccc23)cc1. The van der Waals surface area contributed by atoms with E-state index >= 15 is 0 Å². The lowest BCUT2D eigenvalue weighted by Crippen LogP contribution is -1.97. The topological polar surface area (TPSA) is 18.5 Å². The van der Waals surface area contributed by atoms with E-state index in [0.717, 1.165) is 37.6 Å². The summed E-state index contributed by atoms with van der Waals surface area (Å²) in [5.41, 5.74) is 4.84. The van der Waals surface area contributed by atoms with Gasteiger partial charge in [-0.3, -0.25) is 0 Å². The van der Waals surface area contributed by atoms with E-state index in [1.807, 2.05) is 0 Å². The smallest absolute Gasteiger partial charge is 0.119 e. The van der Waals surface area contributed by atoms with Crippen molar-refractivity contribution in [3.63, 3.8) is 0 Å². The Balaban J connectivity index is 1.13. The molecule has 0 bridgehead atoms. The fourth-order valence-electron chi connectivity index (χ4n) is 7.82. The highest BCUT2D eigenvalue weighted by atomic mass is 16.5. The molecule has 0 fully saturated rings. The van der Waals surface area contributed by atoms with Crippen molar-refractivity contribution in [1.82, 2.24) is 0 Å². The lowest BCUT2D eigenvalue weighted by molar-refractivity contribution is 0.304. The monoisotopic (exact) mass is 751 g/mol. The van der Waals surface area contributed by atoms with Crippen LogP contribution < -0.4 is 9.47 Å². The molecule has 0 unspecified atom stereocenters. The minimum Gasteiger partial charge on any atom is -0.494 e. The summed E-state index contributed by atoms with van der Waals surface area (Å²) in [6, 6.07) is 34.7. The summed E-state index contributed by atoms with van der Waals surface area (Å²) >= 11 is 0. The van der Waals surface area contributed by atoms with E-state index in [1.54, 1.807) is 0 Å². The Morgan fingerprint density at radius 2 is 0.607 bits per heavy atom. The molecule has 5 aromatic carbocycles. The van der Waals surface area contributed by atoms with Crippen molar-refractivity contribution in [2.24, 2.45) is 0 Å². The van der Waals surface area contributed by atoms with Gasteiger partial charge in [-0.15, -0.1) is 0 Å². The molecule has 0 spiro atoms. The van der Waals surface area contributed by atoms with E-state index in [1.165, 1.54) is 159 Å². The van der Waals surface area contributed by atoms with Crippen molar-refractivity contribution in [3.05, 3.63) is 119 Å². The maximum Gasteiger partial charge on any atom is 0.119 e. The predicted molar refractivity (Wildman–Crippen MR) is 247 cm³/mol. The number of hydrogen-bond donors (Lipinski definition) is 0. The van der Waals surface area contributed by atoms with Crippen molar-refractivity contribution in [1.29, 1.82) is 0 Å². The van der Waals surface area contributed by atoms with Gasteiger partial charge >= 0.3 is 0 Å². The zero-order valence-corrected chi connectivity index (χ0v) is 34.9. The molecule has 298 valence electrons. The normalized spacial score (nSPS) is 11.8. The van der Waals surface area contributed by atoms with Crippen LogP contribution in [0.5, 0.6) is 11.5 Å². The van der Waals surface area contributed by atoms with Crippen LogP contribution >= 0.6 is 0 Å². The number of ether oxygens (including phenoxy) is 2. The average Bonchev–Trinajstić information content (AvgIpc) is 3.24. The fourth-order valence-corrected chi connectivity index (χ4v) is 7.82. The summed E-state index contributed by atoms with van der Waals surface area (Å²) in [6.45, 7) is 6.16. The summed E-state index contributed by atoms with van der Waals surface area (Å²) in [5, 5.41) is 5.03. The van der Waals surface area contributed by atoms with Crippen molar-refractivity contribution >= 4 is 45.8 Å². The third-order valence-electron chi connectivity index (χ3n) is 11.2. The molecule has 0 aromatic heterocycles. The highest BCUT2D eigenvalue weighted by Gasteiger charge is 2.11. The van der Waals surface area contributed by atoms with E-state index in [2.05, 4.69) is 135 Å². The van der Waals surface area contributed by atoms with Crippen LogP contribution in [0.2, 0.25) is 0 Å². The molecule has 0 N–H and O–H groups in total. The second-order valence-corrected chi connectivity index (χ2v) is 15.8. The van der Waals surface area contributed by atoms with Gasteiger partial charge in [0, 0.05) is 0 Å².